The van der Waals surface area contributed by atoms with E-state index in [1.165, 1.54) is 0 Å². The van der Waals surface area contributed by atoms with Gasteiger partial charge >= 0.3 is 0 Å². The minimum Gasteiger partial charge on any atom is -0.399 e. The maximum atomic E-state index is 12.0. The van der Waals surface area contributed by atoms with Crippen LogP contribution in [0.2, 0.25) is 0 Å². The van der Waals surface area contributed by atoms with Crippen LogP contribution >= 0.6 is 0 Å². The lowest BCUT2D eigenvalue weighted by molar-refractivity contribution is -0.124. The average Bonchev–Trinajstić information content (AvgIpc) is 2.35. The molecule has 1 aromatic rings. The van der Waals surface area contributed by atoms with Crippen LogP contribution in [0.25, 0.3) is 0 Å². The fraction of sp³-hybridized carbons (Fsp3) is 0.562. The first-order chi connectivity index (χ1) is 9.44. The first-order valence-corrected chi connectivity index (χ1v) is 7.22. The number of nitrogens with one attached hydrogen (secondary N) is 1. The Labute approximate surface area is 120 Å². The Bertz CT molecular complexity index is 471. The maximum absolute atomic E-state index is 12.0. The predicted octanol–water partition coefficient (Wildman–Crippen LogP) is 2.28. The van der Waals surface area contributed by atoms with E-state index in [1.54, 1.807) is 0 Å². The van der Waals surface area contributed by atoms with Crippen LogP contribution in [0.5, 0.6) is 0 Å². The Morgan fingerprint density at radius 3 is 3.00 bits per heavy atom. The minimum atomic E-state index is -0.135. The van der Waals surface area contributed by atoms with Crippen molar-refractivity contribution in [3.05, 3.63) is 29.8 Å². The summed E-state index contributed by atoms with van der Waals surface area (Å²) in [5.74, 6) is 0.107. The molecule has 1 fully saturated rings. The summed E-state index contributed by atoms with van der Waals surface area (Å²) in [6, 6.07) is 7.93. The number of nitrogen functional groups attached to an aromatic ring is 1. The zero-order chi connectivity index (χ0) is 14.6. The van der Waals surface area contributed by atoms with Crippen LogP contribution in [0.3, 0.4) is 0 Å². The third-order valence-electron chi connectivity index (χ3n) is 3.65. The highest BCUT2D eigenvalue weighted by Gasteiger charge is 2.29. The molecule has 4 heteroatoms. The molecule has 1 aromatic carbocycles. The van der Waals surface area contributed by atoms with Gasteiger partial charge in [-0.15, -0.1) is 0 Å². The molecule has 1 unspecified atom stereocenters. The van der Waals surface area contributed by atoms with Crippen molar-refractivity contribution >= 4 is 11.6 Å². The van der Waals surface area contributed by atoms with Crippen LogP contribution in [-0.4, -0.2) is 24.2 Å². The summed E-state index contributed by atoms with van der Waals surface area (Å²) in [6.07, 6.45) is 3.00. The number of nitrogens with two attached hydrogens (primary N) is 1. The average molecular weight is 276 g/mol. The second-order valence-electron chi connectivity index (χ2n) is 6.11. The number of carbonyl (C=O) groups excluding carboxylic acids is 1. The van der Waals surface area contributed by atoms with E-state index < -0.39 is 0 Å². The zero-order valence-electron chi connectivity index (χ0n) is 12.3. The van der Waals surface area contributed by atoms with Gasteiger partial charge in [-0.05, 0) is 50.8 Å². The number of hydrogen-bond donors (Lipinski definition) is 2. The summed E-state index contributed by atoms with van der Waals surface area (Å²) < 4.78 is 5.65. The van der Waals surface area contributed by atoms with E-state index in [2.05, 4.69) is 19.2 Å². The number of aryl methyl sites for hydroxylation is 1. The quantitative estimate of drug-likeness (QED) is 0.829. The van der Waals surface area contributed by atoms with Crippen molar-refractivity contribution in [2.24, 2.45) is 0 Å². The lowest BCUT2D eigenvalue weighted by Crippen LogP contribution is -2.45. The summed E-state index contributed by atoms with van der Waals surface area (Å²) in [5, 5.41) is 3.11. The van der Waals surface area contributed by atoms with Gasteiger partial charge in [0.25, 0.3) is 0 Å². The number of hydrogen-bond acceptors (Lipinski definition) is 3. The fourth-order valence-corrected chi connectivity index (χ4v) is 2.66. The van der Waals surface area contributed by atoms with E-state index in [0.29, 0.717) is 13.0 Å². The second kappa shape index (κ2) is 6.27. The molecular formula is C16H24N2O2. The standard InChI is InChI=1S/C16H24N2O2/c1-16(2)11-14(8-9-20-16)18-15(19)7-6-12-4-3-5-13(17)10-12/h3-5,10,14H,6-9,11,17H2,1-2H3,(H,18,19). The Kier molecular flexibility index (Phi) is 4.65. The summed E-state index contributed by atoms with van der Waals surface area (Å²) >= 11 is 0. The molecule has 0 spiro atoms. The van der Waals surface area contributed by atoms with Gasteiger partial charge in [0.1, 0.15) is 0 Å². The molecule has 0 radical (unpaired) electrons. The Morgan fingerprint density at radius 2 is 2.30 bits per heavy atom. The van der Waals surface area contributed by atoms with Crippen molar-refractivity contribution < 1.29 is 9.53 Å². The molecule has 1 amide bonds. The summed E-state index contributed by atoms with van der Waals surface area (Å²) in [6.45, 7) is 4.85. The van der Waals surface area contributed by atoms with Crippen LogP contribution in [0, 0.1) is 0 Å². The van der Waals surface area contributed by atoms with Gasteiger partial charge in [-0.1, -0.05) is 12.1 Å². The number of ether oxygens (including phenoxy) is 1. The number of carbonyl (C=O) groups is 1. The molecule has 1 aliphatic heterocycles. The molecule has 1 aliphatic rings. The van der Waals surface area contributed by atoms with Gasteiger partial charge < -0.3 is 15.8 Å². The van der Waals surface area contributed by atoms with Gasteiger partial charge in [-0.3, -0.25) is 4.79 Å². The van der Waals surface area contributed by atoms with Crippen LogP contribution in [0.1, 0.15) is 38.7 Å². The van der Waals surface area contributed by atoms with Crippen molar-refractivity contribution in [1.29, 1.82) is 0 Å². The van der Waals surface area contributed by atoms with Crippen LogP contribution in [0.15, 0.2) is 24.3 Å². The molecule has 0 bridgehead atoms. The lowest BCUT2D eigenvalue weighted by Gasteiger charge is -2.35. The normalized spacial score (nSPS) is 21.4. The molecule has 3 N–H and O–H groups in total. The first kappa shape index (κ1) is 14.9. The zero-order valence-corrected chi connectivity index (χ0v) is 12.3. The van der Waals surface area contributed by atoms with Crippen molar-refractivity contribution in [3.8, 4) is 0 Å². The van der Waals surface area contributed by atoms with Gasteiger partial charge in [0.15, 0.2) is 0 Å². The molecule has 2 rings (SSSR count). The Hall–Kier alpha value is -1.55. The van der Waals surface area contributed by atoms with E-state index in [4.69, 9.17) is 10.5 Å². The van der Waals surface area contributed by atoms with E-state index in [-0.39, 0.29) is 17.6 Å². The molecular weight excluding hydrogens is 252 g/mol. The molecule has 110 valence electrons. The first-order valence-electron chi connectivity index (χ1n) is 7.22. The van der Waals surface area contributed by atoms with Crippen molar-refractivity contribution in [1.82, 2.24) is 5.32 Å². The summed E-state index contributed by atoms with van der Waals surface area (Å²) in [7, 11) is 0. The number of amides is 1. The molecule has 4 nitrogen and oxygen atoms in total. The third kappa shape index (κ3) is 4.53. The van der Waals surface area contributed by atoms with Gasteiger partial charge in [-0.2, -0.15) is 0 Å². The second-order valence-corrected chi connectivity index (χ2v) is 6.11. The van der Waals surface area contributed by atoms with Crippen LogP contribution in [0.4, 0.5) is 5.69 Å². The predicted molar refractivity (Wildman–Crippen MR) is 80.4 cm³/mol. The largest absolute Gasteiger partial charge is 0.399 e. The Morgan fingerprint density at radius 1 is 1.50 bits per heavy atom. The van der Waals surface area contributed by atoms with E-state index in [1.807, 2.05) is 24.3 Å². The highest BCUT2D eigenvalue weighted by atomic mass is 16.5. The number of anilines is 1. The topological polar surface area (TPSA) is 64.4 Å². The fourth-order valence-electron chi connectivity index (χ4n) is 2.66. The molecule has 1 heterocycles. The van der Waals surface area contributed by atoms with Crippen molar-refractivity contribution in [2.45, 2.75) is 51.2 Å². The molecule has 0 saturated carbocycles. The number of rotatable bonds is 4. The molecule has 0 aromatic heterocycles. The van der Waals surface area contributed by atoms with Gasteiger partial charge in [0.2, 0.25) is 5.91 Å². The van der Waals surface area contributed by atoms with E-state index in [9.17, 15) is 4.79 Å². The van der Waals surface area contributed by atoms with Crippen LogP contribution < -0.4 is 11.1 Å². The van der Waals surface area contributed by atoms with Gasteiger partial charge in [0.05, 0.1) is 5.60 Å². The summed E-state index contributed by atoms with van der Waals surface area (Å²) in [5.41, 5.74) is 7.44. The van der Waals surface area contributed by atoms with Crippen molar-refractivity contribution in [3.63, 3.8) is 0 Å². The Balaban J connectivity index is 1.78. The molecule has 20 heavy (non-hydrogen) atoms. The highest BCUT2D eigenvalue weighted by molar-refractivity contribution is 5.76. The lowest BCUT2D eigenvalue weighted by atomic mass is 9.94. The van der Waals surface area contributed by atoms with E-state index in [0.717, 1.165) is 30.5 Å². The summed E-state index contributed by atoms with van der Waals surface area (Å²) in [4.78, 5) is 12.0. The smallest absolute Gasteiger partial charge is 0.220 e. The number of benzene rings is 1. The van der Waals surface area contributed by atoms with Crippen molar-refractivity contribution in [2.75, 3.05) is 12.3 Å². The molecule has 1 saturated heterocycles. The maximum Gasteiger partial charge on any atom is 0.220 e. The molecule has 1 atom stereocenters. The minimum absolute atomic E-state index is 0.107. The monoisotopic (exact) mass is 276 g/mol. The van der Waals surface area contributed by atoms with Gasteiger partial charge in [0, 0.05) is 24.8 Å². The van der Waals surface area contributed by atoms with Crippen LogP contribution in [-0.2, 0) is 16.0 Å². The highest BCUT2D eigenvalue weighted by Crippen LogP contribution is 2.23. The van der Waals surface area contributed by atoms with E-state index >= 15 is 0 Å². The molecule has 0 aliphatic carbocycles. The van der Waals surface area contributed by atoms with Gasteiger partial charge in [-0.25, -0.2) is 0 Å². The SMILES string of the molecule is CC1(C)CC(NC(=O)CCc2cccc(N)c2)CCO1. The third-order valence-corrected chi connectivity index (χ3v) is 3.65.